The first-order valence-corrected chi connectivity index (χ1v) is 8.42. The van der Waals surface area contributed by atoms with Crippen LogP contribution in [-0.4, -0.2) is 73.8 Å². The fourth-order valence-electron chi connectivity index (χ4n) is 3.11. The van der Waals surface area contributed by atoms with Crippen LogP contribution < -0.4 is 9.39 Å². The third-order valence-corrected chi connectivity index (χ3v) is 4.52. The Balaban J connectivity index is 1.43. The molecule has 2 aliphatic rings. The maximum atomic E-state index is 12.1. The zero-order chi connectivity index (χ0) is 19.0. The van der Waals surface area contributed by atoms with Crippen molar-refractivity contribution in [3.63, 3.8) is 0 Å². The van der Waals surface area contributed by atoms with Gasteiger partial charge in [-0.15, -0.1) is 10.2 Å². The first kappa shape index (κ1) is 17.3. The minimum atomic E-state index is -1.19. The normalized spacial score (nSPS) is 16.3. The largest absolute Gasteiger partial charge is 0.535 e. The maximum absolute atomic E-state index is 12.1. The second kappa shape index (κ2) is 6.87. The van der Waals surface area contributed by atoms with Gasteiger partial charge < -0.3 is 24.4 Å². The molecular formula is C15H16BN5O6. The molecule has 1 fully saturated rings. The average molecular weight is 373 g/mol. The van der Waals surface area contributed by atoms with Gasteiger partial charge in [-0.2, -0.15) is 5.21 Å². The zero-order valence-electron chi connectivity index (χ0n) is 14.2. The molecule has 3 heterocycles. The number of aromatic carboxylic acids is 1. The van der Waals surface area contributed by atoms with E-state index in [1.54, 1.807) is 17.0 Å². The number of aromatic nitrogens is 4. The van der Waals surface area contributed by atoms with E-state index in [0.29, 0.717) is 31.7 Å². The van der Waals surface area contributed by atoms with Gasteiger partial charge in [-0.05, 0) is 24.4 Å². The zero-order valence-corrected chi connectivity index (χ0v) is 14.2. The van der Waals surface area contributed by atoms with Gasteiger partial charge in [0.05, 0.1) is 19.5 Å². The predicted molar refractivity (Wildman–Crippen MR) is 89.4 cm³/mol. The Bertz CT molecular complexity index is 870. The molecule has 2 aliphatic heterocycles. The number of amides is 1. The number of fused-ring (bicyclic) bond motifs is 1. The first-order chi connectivity index (χ1) is 13.0. The number of rotatable bonds is 5. The van der Waals surface area contributed by atoms with Crippen molar-refractivity contribution in [2.75, 3.05) is 13.1 Å². The monoisotopic (exact) mass is 373 g/mol. The van der Waals surface area contributed by atoms with Crippen LogP contribution in [0.5, 0.6) is 11.5 Å². The van der Waals surface area contributed by atoms with Crippen LogP contribution in [0, 0.1) is 0 Å². The van der Waals surface area contributed by atoms with E-state index in [1.807, 2.05) is 0 Å². The van der Waals surface area contributed by atoms with Gasteiger partial charge in [0.2, 0.25) is 5.91 Å². The molecule has 0 spiro atoms. The van der Waals surface area contributed by atoms with Crippen LogP contribution in [0.2, 0.25) is 6.32 Å². The first-order valence-electron chi connectivity index (χ1n) is 8.42. The molecule has 3 N–H and O–H groups in total. The van der Waals surface area contributed by atoms with Crippen molar-refractivity contribution < 1.29 is 29.1 Å². The molecule has 0 radical (unpaired) electrons. The molecule has 27 heavy (non-hydrogen) atoms. The number of carboxylic acids is 1. The van der Waals surface area contributed by atoms with Gasteiger partial charge in [-0.3, -0.25) is 4.79 Å². The van der Waals surface area contributed by atoms with Gasteiger partial charge in [0.15, 0.2) is 5.82 Å². The van der Waals surface area contributed by atoms with Crippen LogP contribution in [-0.2, 0) is 17.6 Å². The van der Waals surface area contributed by atoms with E-state index in [4.69, 9.17) is 9.39 Å². The third-order valence-electron chi connectivity index (χ3n) is 4.52. The molecule has 0 saturated carbocycles. The van der Waals surface area contributed by atoms with Gasteiger partial charge in [0.1, 0.15) is 23.2 Å². The molecule has 0 atom stereocenters. The number of tetrazole rings is 1. The molecule has 1 saturated heterocycles. The quantitative estimate of drug-likeness (QED) is 0.569. The molecule has 0 bridgehead atoms. The highest BCUT2D eigenvalue weighted by Gasteiger charge is 2.35. The SMILES string of the molecule is O=C(O)c1c(OC2CN(C(=O)Cc3nn[nH]n3)C2)ccc2c1OB(O)CC2. The number of benzene rings is 1. The summed E-state index contributed by atoms with van der Waals surface area (Å²) < 4.78 is 11.1. The Morgan fingerprint density at radius 3 is 2.93 bits per heavy atom. The van der Waals surface area contributed by atoms with E-state index in [1.165, 1.54) is 0 Å². The average Bonchev–Trinajstić information content (AvgIpc) is 3.09. The molecule has 12 heteroatoms. The molecule has 140 valence electrons. The van der Waals surface area contributed by atoms with Gasteiger partial charge in [0.25, 0.3) is 0 Å². The molecule has 2 aromatic rings. The number of nitrogens with one attached hydrogen (secondary N) is 1. The number of hydrogen-bond donors (Lipinski definition) is 3. The van der Waals surface area contributed by atoms with Gasteiger partial charge in [0, 0.05) is 0 Å². The minimum Gasteiger partial charge on any atom is -0.535 e. The second-order valence-electron chi connectivity index (χ2n) is 6.39. The number of nitrogens with zero attached hydrogens (tertiary/aromatic N) is 4. The van der Waals surface area contributed by atoms with E-state index in [-0.39, 0.29) is 35.5 Å². The van der Waals surface area contributed by atoms with Gasteiger partial charge in [-0.1, -0.05) is 11.3 Å². The standard InChI is InChI=1S/C15H16BN5O6/c22-12(5-11-17-19-20-18-11)21-6-9(7-21)26-10-2-1-8-3-4-16(25)27-14(8)13(10)15(23)24/h1-2,9,25H,3-7H2,(H,23,24)(H,17,18,19,20). The van der Waals surface area contributed by atoms with Crippen molar-refractivity contribution >= 4 is 19.0 Å². The summed E-state index contributed by atoms with van der Waals surface area (Å²) in [5.74, 6) is -0.747. The topological polar surface area (TPSA) is 151 Å². The number of H-pyrrole nitrogens is 1. The Kier molecular flexibility index (Phi) is 4.40. The highest BCUT2D eigenvalue weighted by atomic mass is 16.5. The molecular weight excluding hydrogens is 357 g/mol. The van der Waals surface area contributed by atoms with Crippen LogP contribution >= 0.6 is 0 Å². The van der Waals surface area contributed by atoms with E-state index in [2.05, 4.69) is 20.6 Å². The number of carbonyl (C=O) groups excluding carboxylic acids is 1. The van der Waals surface area contributed by atoms with Crippen LogP contribution in [0.25, 0.3) is 0 Å². The molecule has 0 unspecified atom stereocenters. The molecule has 11 nitrogen and oxygen atoms in total. The van der Waals surface area contributed by atoms with E-state index < -0.39 is 13.1 Å². The number of hydrogen-bond acceptors (Lipinski definition) is 8. The highest BCUT2D eigenvalue weighted by Crippen LogP contribution is 2.37. The fraction of sp³-hybridized carbons (Fsp3) is 0.400. The lowest BCUT2D eigenvalue weighted by Crippen LogP contribution is -2.56. The summed E-state index contributed by atoms with van der Waals surface area (Å²) in [7, 11) is -1.03. The van der Waals surface area contributed by atoms with Crippen molar-refractivity contribution in [3.8, 4) is 11.5 Å². The number of likely N-dealkylation sites (tertiary alicyclic amines) is 1. The smallest absolute Gasteiger partial charge is 0.522 e. The van der Waals surface area contributed by atoms with Gasteiger partial charge in [-0.25, -0.2) is 4.79 Å². The van der Waals surface area contributed by atoms with Crippen LogP contribution in [0.4, 0.5) is 0 Å². The van der Waals surface area contributed by atoms with Crippen molar-refractivity contribution in [2.24, 2.45) is 0 Å². The van der Waals surface area contributed by atoms with E-state index in [0.717, 1.165) is 5.56 Å². The van der Waals surface area contributed by atoms with Crippen LogP contribution in [0.1, 0.15) is 21.7 Å². The van der Waals surface area contributed by atoms with Gasteiger partial charge >= 0.3 is 13.1 Å². The fourth-order valence-corrected chi connectivity index (χ4v) is 3.11. The molecule has 1 amide bonds. The molecule has 0 aliphatic carbocycles. The summed E-state index contributed by atoms with van der Waals surface area (Å²) in [6.07, 6.45) is 0.642. The Labute approximate surface area is 153 Å². The van der Waals surface area contributed by atoms with Crippen molar-refractivity contribution in [1.82, 2.24) is 25.5 Å². The Hall–Kier alpha value is -3.15. The number of carbonyl (C=O) groups is 2. The maximum Gasteiger partial charge on any atom is 0.522 e. The summed E-state index contributed by atoms with van der Waals surface area (Å²) in [4.78, 5) is 25.4. The van der Waals surface area contributed by atoms with Crippen LogP contribution in [0.15, 0.2) is 12.1 Å². The van der Waals surface area contributed by atoms with Crippen LogP contribution in [0.3, 0.4) is 0 Å². The Morgan fingerprint density at radius 2 is 2.22 bits per heavy atom. The Morgan fingerprint density at radius 1 is 1.41 bits per heavy atom. The van der Waals surface area contributed by atoms with E-state index in [9.17, 15) is 19.7 Å². The third kappa shape index (κ3) is 3.43. The molecule has 1 aromatic heterocycles. The van der Waals surface area contributed by atoms with Crippen molar-refractivity contribution in [3.05, 3.63) is 29.1 Å². The lowest BCUT2D eigenvalue weighted by molar-refractivity contribution is -0.139. The number of aryl methyl sites for hydroxylation is 1. The number of ether oxygens (including phenoxy) is 1. The lowest BCUT2D eigenvalue weighted by Gasteiger charge is -2.39. The second-order valence-corrected chi connectivity index (χ2v) is 6.39. The van der Waals surface area contributed by atoms with Crippen molar-refractivity contribution in [1.29, 1.82) is 0 Å². The van der Waals surface area contributed by atoms with E-state index >= 15 is 0 Å². The summed E-state index contributed by atoms with van der Waals surface area (Å²) in [5, 5.41) is 32.4. The summed E-state index contributed by atoms with van der Waals surface area (Å²) >= 11 is 0. The van der Waals surface area contributed by atoms with Crippen molar-refractivity contribution in [2.45, 2.75) is 25.3 Å². The number of aromatic amines is 1. The summed E-state index contributed by atoms with van der Waals surface area (Å²) in [6, 6.07) is 3.33. The molecule has 4 rings (SSSR count). The summed E-state index contributed by atoms with van der Waals surface area (Å²) in [5.41, 5.74) is 0.610. The minimum absolute atomic E-state index is 0.0359. The predicted octanol–water partition coefficient (Wildman–Crippen LogP) is -0.854. The highest BCUT2D eigenvalue weighted by molar-refractivity contribution is 6.44. The number of carboxylic acid groups (broad SMARTS) is 1. The molecule has 1 aromatic carbocycles. The summed E-state index contributed by atoms with van der Waals surface area (Å²) in [6.45, 7) is 0.659. The lowest BCUT2D eigenvalue weighted by atomic mass is 9.78.